The van der Waals surface area contributed by atoms with Crippen LogP contribution in [0.3, 0.4) is 0 Å². The van der Waals surface area contributed by atoms with Gasteiger partial charge in [-0.15, -0.1) is 5.10 Å². The molecule has 0 aliphatic rings. The van der Waals surface area contributed by atoms with Crippen molar-refractivity contribution in [3.05, 3.63) is 48.3 Å². The summed E-state index contributed by atoms with van der Waals surface area (Å²) in [6.45, 7) is -0.284. The first-order chi connectivity index (χ1) is 13.5. The summed E-state index contributed by atoms with van der Waals surface area (Å²) in [6.07, 6.45) is 1.81. The number of carbonyl (C=O) groups is 1. The Balaban J connectivity index is 1.60. The zero-order valence-corrected chi connectivity index (χ0v) is 15.6. The molecule has 2 heterocycles. The summed E-state index contributed by atoms with van der Waals surface area (Å²) in [7, 11) is -2.44. The van der Waals surface area contributed by atoms with E-state index in [2.05, 4.69) is 20.0 Å². The van der Waals surface area contributed by atoms with Crippen LogP contribution in [0.2, 0.25) is 0 Å². The fourth-order valence-corrected chi connectivity index (χ4v) is 3.47. The molecule has 0 aliphatic carbocycles. The Kier molecular flexibility index (Phi) is 6.13. The molecular formula is C16H17N5O6S. The lowest BCUT2D eigenvalue weighted by Crippen LogP contribution is -2.27. The second kappa shape index (κ2) is 8.73. The fourth-order valence-electron chi connectivity index (χ4n) is 2.33. The highest BCUT2D eigenvalue weighted by Crippen LogP contribution is 2.15. The summed E-state index contributed by atoms with van der Waals surface area (Å²) in [5.74, 6) is 0. The van der Waals surface area contributed by atoms with Gasteiger partial charge in [0.15, 0.2) is 0 Å². The molecule has 0 aliphatic heterocycles. The van der Waals surface area contributed by atoms with Crippen LogP contribution in [0.15, 0.2) is 47.6 Å². The van der Waals surface area contributed by atoms with E-state index in [0.29, 0.717) is 16.6 Å². The van der Waals surface area contributed by atoms with Gasteiger partial charge in [-0.2, -0.15) is 4.72 Å². The monoisotopic (exact) mass is 407 g/mol. The van der Waals surface area contributed by atoms with Crippen LogP contribution in [-0.2, 0) is 25.9 Å². The highest BCUT2D eigenvalue weighted by Gasteiger charge is 2.19. The molecule has 0 saturated carbocycles. The van der Waals surface area contributed by atoms with E-state index >= 15 is 0 Å². The normalized spacial score (nSPS) is 11.5. The van der Waals surface area contributed by atoms with Crippen molar-refractivity contribution in [2.75, 3.05) is 20.4 Å². The Bertz CT molecular complexity index is 1070. The Labute approximate surface area is 160 Å². The number of hydrogen-bond donors (Lipinski definition) is 1. The van der Waals surface area contributed by atoms with Gasteiger partial charge in [0, 0.05) is 25.9 Å². The molecule has 0 radical (unpaired) electrons. The van der Waals surface area contributed by atoms with Crippen molar-refractivity contribution >= 4 is 27.2 Å². The minimum Gasteiger partial charge on any atom is -0.432 e. The van der Waals surface area contributed by atoms with Gasteiger partial charge in [0.25, 0.3) is 0 Å². The number of ether oxygens (including phenoxy) is 2. The van der Waals surface area contributed by atoms with Gasteiger partial charge in [0.2, 0.25) is 10.0 Å². The summed E-state index contributed by atoms with van der Waals surface area (Å²) >= 11 is 0. The van der Waals surface area contributed by atoms with E-state index in [1.807, 2.05) is 0 Å². The Morgan fingerprint density at radius 2 is 2.07 bits per heavy atom. The van der Waals surface area contributed by atoms with Gasteiger partial charge < -0.3 is 9.47 Å². The predicted molar refractivity (Wildman–Crippen MR) is 95.6 cm³/mol. The van der Waals surface area contributed by atoms with Crippen LogP contribution < -0.4 is 9.56 Å². The topological polar surface area (TPSA) is 135 Å². The van der Waals surface area contributed by atoms with Crippen molar-refractivity contribution < 1.29 is 27.5 Å². The average molecular weight is 407 g/mol. The fraction of sp³-hybridized carbons (Fsp3) is 0.250. The molecule has 2 aromatic heterocycles. The zero-order chi connectivity index (χ0) is 20.0. The maximum atomic E-state index is 12.3. The molecule has 148 valence electrons. The summed E-state index contributed by atoms with van der Waals surface area (Å²) in [6, 6.07) is 8.46. The SMILES string of the molecule is COCNS(=O)(=O)c1cnccc1CCOC(=O)On1nnc2ccccc21. The Morgan fingerprint density at radius 1 is 1.25 bits per heavy atom. The molecule has 0 unspecified atom stereocenters. The second-order valence-electron chi connectivity index (χ2n) is 5.46. The van der Waals surface area contributed by atoms with E-state index in [1.54, 1.807) is 24.3 Å². The van der Waals surface area contributed by atoms with Crippen molar-refractivity contribution in [2.24, 2.45) is 0 Å². The third-order valence-corrected chi connectivity index (χ3v) is 5.07. The van der Waals surface area contributed by atoms with Crippen LogP contribution in [0, 0.1) is 0 Å². The van der Waals surface area contributed by atoms with Crippen molar-refractivity contribution in [1.29, 1.82) is 0 Å². The first-order valence-corrected chi connectivity index (χ1v) is 9.56. The summed E-state index contributed by atoms with van der Waals surface area (Å²) < 4.78 is 36.5. The van der Waals surface area contributed by atoms with Gasteiger partial charge in [-0.3, -0.25) is 9.82 Å². The molecule has 3 aromatic rings. The average Bonchev–Trinajstić information content (AvgIpc) is 3.10. The van der Waals surface area contributed by atoms with Gasteiger partial charge in [0.1, 0.15) is 22.7 Å². The molecule has 0 bridgehead atoms. The number of rotatable bonds is 8. The first-order valence-electron chi connectivity index (χ1n) is 8.08. The molecule has 0 saturated heterocycles. The number of sulfonamides is 1. The number of carbonyl (C=O) groups excluding carboxylic acids is 1. The van der Waals surface area contributed by atoms with Gasteiger partial charge in [-0.05, 0) is 29.0 Å². The van der Waals surface area contributed by atoms with Crippen LogP contribution >= 0.6 is 0 Å². The number of nitrogens with one attached hydrogen (secondary N) is 1. The number of nitrogens with zero attached hydrogens (tertiary/aromatic N) is 4. The number of hydrogen-bond acceptors (Lipinski definition) is 9. The van der Waals surface area contributed by atoms with Crippen LogP contribution in [0.1, 0.15) is 5.56 Å². The highest BCUT2D eigenvalue weighted by molar-refractivity contribution is 7.89. The largest absolute Gasteiger partial charge is 0.535 e. The molecule has 0 spiro atoms. The first kappa shape index (κ1) is 19.7. The number of pyridine rings is 1. The molecule has 0 atom stereocenters. The molecule has 3 rings (SSSR count). The van der Waals surface area contributed by atoms with E-state index in [9.17, 15) is 13.2 Å². The summed E-state index contributed by atoms with van der Waals surface area (Å²) in [5, 5.41) is 7.56. The van der Waals surface area contributed by atoms with Gasteiger partial charge in [-0.25, -0.2) is 13.2 Å². The van der Waals surface area contributed by atoms with Crippen LogP contribution in [0.4, 0.5) is 4.79 Å². The maximum absolute atomic E-state index is 12.3. The van der Waals surface area contributed by atoms with Crippen LogP contribution in [-0.4, -0.2) is 55.2 Å². The quantitative estimate of drug-likeness (QED) is 0.322. The molecule has 1 aromatic carbocycles. The highest BCUT2D eigenvalue weighted by atomic mass is 32.2. The molecule has 11 nitrogen and oxygen atoms in total. The predicted octanol–water partition coefficient (Wildman–Crippen LogP) is 0.516. The lowest BCUT2D eigenvalue weighted by Gasteiger charge is -2.10. The lowest BCUT2D eigenvalue weighted by atomic mass is 10.2. The van der Waals surface area contributed by atoms with Crippen molar-refractivity contribution in [2.45, 2.75) is 11.3 Å². The lowest BCUT2D eigenvalue weighted by molar-refractivity contribution is 0.0401. The van der Waals surface area contributed by atoms with Crippen molar-refractivity contribution in [3.63, 3.8) is 0 Å². The second-order valence-corrected chi connectivity index (χ2v) is 7.19. The van der Waals surface area contributed by atoms with E-state index in [0.717, 1.165) is 4.85 Å². The van der Waals surface area contributed by atoms with Crippen LogP contribution in [0.25, 0.3) is 11.0 Å². The number of para-hydroxylation sites is 1. The number of fused-ring (bicyclic) bond motifs is 1. The number of benzene rings is 1. The van der Waals surface area contributed by atoms with Crippen molar-refractivity contribution in [3.8, 4) is 0 Å². The van der Waals surface area contributed by atoms with Crippen LogP contribution in [0.5, 0.6) is 0 Å². The van der Waals surface area contributed by atoms with E-state index in [1.165, 1.54) is 25.6 Å². The smallest absolute Gasteiger partial charge is 0.432 e. The standard InChI is InChI=1S/C16H17N5O6S/c1-25-11-18-28(23,24)15-10-17-8-6-12(15)7-9-26-16(22)27-21-14-5-3-2-4-13(14)19-20-21/h2-6,8,10,18H,7,9,11H2,1H3. The third-order valence-electron chi connectivity index (χ3n) is 3.63. The van der Waals surface area contributed by atoms with E-state index in [-0.39, 0.29) is 24.7 Å². The Morgan fingerprint density at radius 3 is 2.89 bits per heavy atom. The maximum Gasteiger partial charge on any atom is 0.535 e. The zero-order valence-electron chi connectivity index (χ0n) is 14.8. The minimum absolute atomic E-state index is 0.0220. The number of methoxy groups -OCH3 is 1. The summed E-state index contributed by atoms with van der Waals surface area (Å²) in [5.41, 5.74) is 1.49. The minimum atomic E-state index is -3.80. The molecule has 0 fully saturated rings. The molecule has 1 N–H and O–H groups in total. The van der Waals surface area contributed by atoms with Gasteiger partial charge >= 0.3 is 6.16 Å². The molecule has 28 heavy (non-hydrogen) atoms. The van der Waals surface area contributed by atoms with E-state index < -0.39 is 16.2 Å². The third kappa shape index (κ3) is 4.60. The van der Waals surface area contributed by atoms with Crippen molar-refractivity contribution in [1.82, 2.24) is 24.9 Å². The van der Waals surface area contributed by atoms with Gasteiger partial charge in [-0.1, -0.05) is 17.0 Å². The molecule has 12 heteroatoms. The van der Waals surface area contributed by atoms with Gasteiger partial charge in [0.05, 0.1) is 6.61 Å². The van der Waals surface area contributed by atoms with E-state index in [4.69, 9.17) is 14.3 Å². The molecule has 0 amide bonds. The number of aromatic nitrogens is 4. The molecular weight excluding hydrogens is 390 g/mol. The Hall–Kier alpha value is -3.09. The summed E-state index contributed by atoms with van der Waals surface area (Å²) in [4.78, 5) is 21.6.